The summed E-state index contributed by atoms with van der Waals surface area (Å²) >= 11 is 6.36. The van der Waals surface area contributed by atoms with Crippen LogP contribution in [-0.2, 0) is 14.3 Å². The average molecular weight is 377 g/mol. The standard InChI is InChI=1S/C19H21ClN2O4/c1-2-17(23)22(19(18(24)25)7-9-26-10-8-19)14-5-6-16(15(20)11-14)21-12-13-3-4-13/h1,5-6,11,13,21H,3-4,7-10,12H2,(H,24,25). The van der Waals surface area contributed by atoms with Crippen molar-refractivity contribution in [3.05, 3.63) is 23.2 Å². The predicted octanol–water partition coefficient (Wildman–Crippen LogP) is 2.76. The van der Waals surface area contributed by atoms with Gasteiger partial charge in [0, 0.05) is 38.3 Å². The van der Waals surface area contributed by atoms with Crippen molar-refractivity contribution in [2.24, 2.45) is 5.92 Å². The Morgan fingerprint density at radius 1 is 1.38 bits per heavy atom. The van der Waals surface area contributed by atoms with Crippen LogP contribution < -0.4 is 10.2 Å². The summed E-state index contributed by atoms with van der Waals surface area (Å²) in [4.78, 5) is 25.7. The molecule has 0 radical (unpaired) electrons. The Morgan fingerprint density at radius 2 is 2.08 bits per heavy atom. The molecule has 0 atom stereocenters. The number of ether oxygens (including phenoxy) is 1. The normalized spacial score (nSPS) is 18.6. The molecule has 3 rings (SSSR count). The van der Waals surface area contributed by atoms with Crippen LogP contribution in [0.1, 0.15) is 25.7 Å². The van der Waals surface area contributed by atoms with Crippen LogP contribution in [0.15, 0.2) is 18.2 Å². The van der Waals surface area contributed by atoms with E-state index in [4.69, 9.17) is 22.8 Å². The Bertz CT molecular complexity index is 748. The number of carboxylic acid groups (broad SMARTS) is 1. The molecular weight excluding hydrogens is 356 g/mol. The number of nitrogens with zero attached hydrogens (tertiary/aromatic N) is 1. The van der Waals surface area contributed by atoms with Gasteiger partial charge in [-0.05, 0) is 42.9 Å². The van der Waals surface area contributed by atoms with Gasteiger partial charge in [0.25, 0.3) is 0 Å². The lowest BCUT2D eigenvalue weighted by molar-refractivity contribution is -0.148. The van der Waals surface area contributed by atoms with Gasteiger partial charge in [0.2, 0.25) is 0 Å². The van der Waals surface area contributed by atoms with E-state index >= 15 is 0 Å². The van der Waals surface area contributed by atoms with Gasteiger partial charge in [-0.3, -0.25) is 9.69 Å². The van der Waals surface area contributed by atoms with Crippen molar-refractivity contribution < 1.29 is 19.4 Å². The fourth-order valence-electron chi connectivity index (χ4n) is 3.23. The Hall–Kier alpha value is -2.23. The lowest BCUT2D eigenvalue weighted by Crippen LogP contribution is -2.60. The fourth-order valence-corrected chi connectivity index (χ4v) is 3.47. The molecule has 7 heteroatoms. The largest absolute Gasteiger partial charge is 0.479 e. The number of rotatable bonds is 6. The van der Waals surface area contributed by atoms with Crippen LogP contribution >= 0.6 is 11.6 Å². The van der Waals surface area contributed by atoms with Crippen LogP contribution in [-0.4, -0.2) is 42.3 Å². The van der Waals surface area contributed by atoms with Gasteiger partial charge >= 0.3 is 11.9 Å². The number of carboxylic acids is 1. The highest BCUT2D eigenvalue weighted by atomic mass is 35.5. The van der Waals surface area contributed by atoms with Gasteiger partial charge in [-0.2, -0.15) is 0 Å². The molecular formula is C19H21ClN2O4. The molecule has 26 heavy (non-hydrogen) atoms. The number of hydrogen-bond donors (Lipinski definition) is 2. The van der Waals surface area contributed by atoms with Crippen molar-refractivity contribution in [3.8, 4) is 12.3 Å². The third-order valence-electron chi connectivity index (χ3n) is 4.96. The molecule has 0 aromatic heterocycles. The van der Waals surface area contributed by atoms with Crippen LogP contribution in [0.2, 0.25) is 5.02 Å². The summed E-state index contributed by atoms with van der Waals surface area (Å²) in [5.74, 6) is 0.925. The van der Waals surface area contributed by atoms with Crippen LogP contribution in [0.3, 0.4) is 0 Å². The number of terminal acetylenes is 1. The van der Waals surface area contributed by atoms with E-state index < -0.39 is 17.4 Å². The first-order valence-electron chi connectivity index (χ1n) is 8.63. The number of aliphatic carboxylic acids is 1. The minimum Gasteiger partial charge on any atom is -0.479 e. The zero-order valence-electron chi connectivity index (χ0n) is 14.3. The number of carbonyl (C=O) groups is 2. The lowest BCUT2D eigenvalue weighted by atomic mass is 9.87. The summed E-state index contributed by atoms with van der Waals surface area (Å²) in [6.07, 6.45) is 8.08. The van der Waals surface area contributed by atoms with E-state index in [-0.39, 0.29) is 26.1 Å². The quantitative estimate of drug-likeness (QED) is 0.746. The van der Waals surface area contributed by atoms with E-state index in [1.807, 2.05) is 5.92 Å². The van der Waals surface area contributed by atoms with Crippen molar-refractivity contribution in [1.82, 2.24) is 0 Å². The second-order valence-electron chi connectivity index (χ2n) is 6.72. The van der Waals surface area contributed by atoms with Gasteiger partial charge in [0.05, 0.1) is 10.7 Å². The molecule has 0 bridgehead atoms. The second-order valence-corrected chi connectivity index (χ2v) is 7.13. The number of halogens is 1. The zero-order chi connectivity index (χ0) is 18.7. The highest BCUT2D eigenvalue weighted by Crippen LogP contribution is 2.37. The van der Waals surface area contributed by atoms with Gasteiger partial charge in [-0.15, -0.1) is 6.42 Å². The second kappa shape index (κ2) is 7.56. The number of amides is 1. The van der Waals surface area contributed by atoms with Gasteiger partial charge in [-0.1, -0.05) is 11.6 Å². The summed E-state index contributed by atoms with van der Waals surface area (Å²) in [5, 5.41) is 13.6. The van der Waals surface area contributed by atoms with Crippen LogP contribution in [0, 0.1) is 18.3 Å². The minimum absolute atomic E-state index is 0.162. The molecule has 1 aliphatic heterocycles. The van der Waals surface area contributed by atoms with Crippen LogP contribution in [0.5, 0.6) is 0 Å². The molecule has 1 aliphatic carbocycles. The van der Waals surface area contributed by atoms with E-state index in [9.17, 15) is 14.7 Å². The van der Waals surface area contributed by atoms with Crippen molar-refractivity contribution in [2.75, 3.05) is 30.0 Å². The van der Waals surface area contributed by atoms with Crippen molar-refractivity contribution >= 4 is 34.9 Å². The number of anilines is 2. The topological polar surface area (TPSA) is 78.9 Å². The highest BCUT2D eigenvalue weighted by Gasteiger charge is 2.48. The molecule has 0 spiro atoms. The monoisotopic (exact) mass is 376 g/mol. The number of hydrogen-bond acceptors (Lipinski definition) is 4. The molecule has 0 unspecified atom stereocenters. The number of carbonyl (C=O) groups excluding carboxylic acids is 1. The molecule has 1 amide bonds. The third kappa shape index (κ3) is 3.64. The molecule has 1 aromatic carbocycles. The maximum Gasteiger partial charge on any atom is 0.330 e. The molecule has 1 saturated carbocycles. The predicted molar refractivity (Wildman–Crippen MR) is 99.4 cm³/mol. The molecule has 6 nitrogen and oxygen atoms in total. The molecule has 1 heterocycles. The van der Waals surface area contributed by atoms with E-state index in [2.05, 4.69) is 5.32 Å². The summed E-state index contributed by atoms with van der Waals surface area (Å²) in [6, 6.07) is 5.02. The Kier molecular flexibility index (Phi) is 5.40. The van der Waals surface area contributed by atoms with Crippen molar-refractivity contribution in [2.45, 2.75) is 31.2 Å². The fraction of sp³-hybridized carbons (Fsp3) is 0.474. The summed E-state index contributed by atoms with van der Waals surface area (Å²) in [5.41, 5.74) is -0.306. The molecule has 2 aliphatic rings. The molecule has 1 saturated heterocycles. The van der Waals surface area contributed by atoms with E-state index in [1.165, 1.54) is 17.7 Å². The van der Waals surface area contributed by atoms with Gasteiger partial charge in [0.15, 0.2) is 5.54 Å². The van der Waals surface area contributed by atoms with Crippen LogP contribution in [0.4, 0.5) is 11.4 Å². The van der Waals surface area contributed by atoms with E-state index in [0.717, 1.165) is 12.2 Å². The average Bonchev–Trinajstić information content (AvgIpc) is 3.46. The molecule has 2 N–H and O–H groups in total. The molecule has 2 fully saturated rings. The van der Waals surface area contributed by atoms with Gasteiger partial charge in [0.1, 0.15) is 0 Å². The van der Waals surface area contributed by atoms with Crippen LogP contribution in [0.25, 0.3) is 0 Å². The van der Waals surface area contributed by atoms with E-state index in [1.54, 1.807) is 18.2 Å². The number of benzene rings is 1. The smallest absolute Gasteiger partial charge is 0.330 e. The van der Waals surface area contributed by atoms with Gasteiger partial charge < -0.3 is 15.2 Å². The van der Waals surface area contributed by atoms with E-state index in [0.29, 0.717) is 16.6 Å². The molecule has 1 aromatic rings. The minimum atomic E-state index is -1.44. The molecule has 138 valence electrons. The number of nitrogens with one attached hydrogen (secondary N) is 1. The Labute approximate surface area is 157 Å². The highest BCUT2D eigenvalue weighted by molar-refractivity contribution is 6.33. The SMILES string of the molecule is C#CC(=O)N(c1ccc(NCC2CC2)c(Cl)c1)C1(C(=O)O)CCOCC1. The third-order valence-corrected chi connectivity index (χ3v) is 5.27. The Morgan fingerprint density at radius 3 is 2.62 bits per heavy atom. The van der Waals surface area contributed by atoms with Gasteiger partial charge in [-0.25, -0.2) is 4.79 Å². The van der Waals surface area contributed by atoms with Crippen molar-refractivity contribution in [1.29, 1.82) is 0 Å². The summed E-state index contributed by atoms with van der Waals surface area (Å²) in [7, 11) is 0. The maximum atomic E-state index is 12.5. The van der Waals surface area contributed by atoms with Crippen molar-refractivity contribution in [3.63, 3.8) is 0 Å². The first-order chi connectivity index (χ1) is 12.5. The maximum absolute atomic E-state index is 12.5. The summed E-state index contributed by atoms with van der Waals surface area (Å²) in [6.45, 7) is 1.34. The lowest BCUT2D eigenvalue weighted by Gasteiger charge is -2.42. The first-order valence-corrected chi connectivity index (χ1v) is 9.01. The summed E-state index contributed by atoms with van der Waals surface area (Å²) < 4.78 is 5.29. The zero-order valence-corrected chi connectivity index (χ0v) is 15.1. The first kappa shape index (κ1) is 18.6. The Balaban J connectivity index is 1.94.